The van der Waals surface area contributed by atoms with Gasteiger partial charge in [-0.2, -0.15) is 0 Å². The summed E-state index contributed by atoms with van der Waals surface area (Å²) in [6.07, 6.45) is 2.05. The third-order valence-electron chi connectivity index (χ3n) is 3.58. The zero-order valence-electron chi connectivity index (χ0n) is 11.9. The van der Waals surface area contributed by atoms with E-state index in [0.717, 1.165) is 26.2 Å². The third-order valence-corrected chi connectivity index (χ3v) is 3.58. The molecule has 1 aliphatic heterocycles. The fourth-order valence-corrected chi connectivity index (χ4v) is 2.63. The van der Waals surface area contributed by atoms with Crippen LogP contribution in [0.2, 0.25) is 0 Å². The minimum Gasteiger partial charge on any atom is -0.481 e. The lowest BCUT2D eigenvalue weighted by molar-refractivity contribution is -0.0687. The number of ether oxygens (including phenoxy) is 2. The number of aromatic nitrogens is 1. The van der Waals surface area contributed by atoms with E-state index in [4.69, 9.17) is 9.47 Å². The molecule has 0 radical (unpaired) electrons. The van der Waals surface area contributed by atoms with E-state index in [0.29, 0.717) is 5.88 Å². The highest BCUT2D eigenvalue weighted by Gasteiger charge is 2.32. The number of pyridine rings is 1. The molecule has 0 aromatic carbocycles. The van der Waals surface area contributed by atoms with Gasteiger partial charge < -0.3 is 14.8 Å². The van der Waals surface area contributed by atoms with Crippen LogP contribution in [0.15, 0.2) is 18.3 Å². The fourth-order valence-electron chi connectivity index (χ4n) is 2.63. The van der Waals surface area contributed by atoms with Gasteiger partial charge >= 0.3 is 0 Å². The van der Waals surface area contributed by atoms with Crippen molar-refractivity contribution in [2.75, 3.05) is 40.4 Å². The standard InChI is InChI=1S/C14H23N3O2/c1-4-17-7-8-19-12(10-15-2)14(17)11-5-6-13(18-3)16-9-11/h5-6,9,12,14-15H,4,7-8,10H2,1-3H3. The van der Waals surface area contributed by atoms with Crippen LogP contribution in [0.3, 0.4) is 0 Å². The minimum absolute atomic E-state index is 0.161. The molecule has 0 spiro atoms. The van der Waals surface area contributed by atoms with Crippen molar-refractivity contribution in [1.29, 1.82) is 0 Å². The topological polar surface area (TPSA) is 46.6 Å². The molecule has 1 aromatic rings. The van der Waals surface area contributed by atoms with Crippen molar-refractivity contribution in [1.82, 2.24) is 15.2 Å². The van der Waals surface area contributed by atoms with Crippen molar-refractivity contribution in [2.24, 2.45) is 0 Å². The summed E-state index contributed by atoms with van der Waals surface area (Å²) in [5, 5.41) is 3.21. The van der Waals surface area contributed by atoms with Crippen molar-refractivity contribution in [3.8, 4) is 5.88 Å². The van der Waals surface area contributed by atoms with Crippen molar-refractivity contribution < 1.29 is 9.47 Å². The Bertz CT molecular complexity index is 381. The summed E-state index contributed by atoms with van der Waals surface area (Å²) in [4.78, 5) is 6.75. The maximum atomic E-state index is 5.91. The molecule has 5 heteroatoms. The highest BCUT2D eigenvalue weighted by molar-refractivity contribution is 5.22. The summed E-state index contributed by atoms with van der Waals surface area (Å²) in [6, 6.07) is 4.25. The Balaban J connectivity index is 2.22. The highest BCUT2D eigenvalue weighted by atomic mass is 16.5. The Morgan fingerprint density at radius 2 is 2.37 bits per heavy atom. The normalized spacial score (nSPS) is 24.4. The Morgan fingerprint density at radius 1 is 1.53 bits per heavy atom. The van der Waals surface area contributed by atoms with Crippen LogP contribution >= 0.6 is 0 Å². The Hall–Kier alpha value is -1.17. The van der Waals surface area contributed by atoms with Crippen LogP contribution in [0.4, 0.5) is 0 Å². The number of hydrogen-bond acceptors (Lipinski definition) is 5. The predicted octanol–water partition coefficient (Wildman–Crippen LogP) is 1.07. The highest BCUT2D eigenvalue weighted by Crippen LogP contribution is 2.29. The lowest BCUT2D eigenvalue weighted by Crippen LogP contribution is -2.48. The molecule has 1 aliphatic rings. The summed E-state index contributed by atoms with van der Waals surface area (Å²) in [7, 11) is 3.59. The smallest absolute Gasteiger partial charge is 0.212 e. The summed E-state index contributed by atoms with van der Waals surface area (Å²) in [5.74, 6) is 0.647. The van der Waals surface area contributed by atoms with Gasteiger partial charge in [-0.05, 0) is 19.2 Å². The van der Waals surface area contributed by atoms with Gasteiger partial charge in [0.25, 0.3) is 0 Å². The molecule has 0 amide bonds. The third kappa shape index (κ3) is 3.23. The monoisotopic (exact) mass is 265 g/mol. The molecular weight excluding hydrogens is 242 g/mol. The van der Waals surface area contributed by atoms with Gasteiger partial charge in [0.1, 0.15) is 0 Å². The van der Waals surface area contributed by atoms with Crippen LogP contribution in [-0.2, 0) is 4.74 Å². The number of morpholine rings is 1. The predicted molar refractivity (Wildman–Crippen MR) is 74.4 cm³/mol. The molecule has 0 saturated carbocycles. The minimum atomic E-state index is 0.161. The van der Waals surface area contributed by atoms with Crippen molar-refractivity contribution in [2.45, 2.75) is 19.1 Å². The largest absolute Gasteiger partial charge is 0.481 e. The number of rotatable bonds is 5. The van der Waals surface area contributed by atoms with Crippen LogP contribution < -0.4 is 10.1 Å². The molecule has 2 unspecified atom stereocenters. The summed E-state index contributed by atoms with van der Waals surface area (Å²) < 4.78 is 11.0. The second kappa shape index (κ2) is 6.84. The molecule has 1 aromatic heterocycles. The maximum absolute atomic E-state index is 5.91. The van der Waals surface area contributed by atoms with Crippen molar-refractivity contribution in [3.05, 3.63) is 23.9 Å². The lowest BCUT2D eigenvalue weighted by Gasteiger charge is -2.41. The molecular formula is C14H23N3O2. The van der Waals surface area contributed by atoms with Crippen LogP contribution in [0.25, 0.3) is 0 Å². The van der Waals surface area contributed by atoms with E-state index in [9.17, 15) is 0 Å². The van der Waals surface area contributed by atoms with Crippen LogP contribution in [0.1, 0.15) is 18.5 Å². The van der Waals surface area contributed by atoms with Gasteiger partial charge in [-0.3, -0.25) is 4.90 Å². The van der Waals surface area contributed by atoms with Crippen LogP contribution in [0, 0.1) is 0 Å². The quantitative estimate of drug-likeness (QED) is 0.863. The molecule has 1 fully saturated rings. The van der Waals surface area contributed by atoms with Crippen molar-refractivity contribution in [3.63, 3.8) is 0 Å². The summed E-state index contributed by atoms with van der Waals surface area (Å²) >= 11 is 0. The first kappa shape index (κ1) is 14.2. The first-order valence-electron chi connectivity index (χ1n) is 6.80. The van der Waals surface area contributed by atoms with Gasteiger partial charge in [0.05, 0.1) is 25.9 Å². The van der Waals surface area contributed by atoms with Gasteiger partial charge in [-0.15, -0.1) is 0 Å². The average molecular weight is 265 g/mol. The molecule has 2 rings (SSSR count). The Labute approximate surface area is 114 Å². The molecule has 1 saturated heterocycles. The number of methoxy groups -OCH3 is 1. The van der Waals surface area contributed by atoms with E-state index in [1.165, 1.54) is 5.56 Å². The van der Waals surface area contributed by atoms with Gasteiger partial charge in [-0.1, -0.05) is 13.0 Å². The second-order valence-corrected chi connectivity index (χ2v) is 4.67. The molecule has 0 bridgehead atoms. The van der Waals surface area contributed by atoms with Gasteiger partial charge in [0.15, 0.2) is 0 Å². The zero-order chi connectivity index (χ0) is 13.7. The number of hydrogen-bond donors (Lipinski definition) is 1. The average Bonchev–Trinajstić information content (AvgIpc) is 2.47. The van der Waals surface area contributed by atoms with Crippen LogP contribution in [0.5, 0.6) is 5.88 Å². The Morgan fingerprint density at radius 3 is 2.95 bits per heavy atom. The molecule has 2 heterocycles. The SMILES string of the molecule is CCN1CCOC(CNC)C1c1ccc(OC)nc1. The van der Waals surface area contributed by atoms with E-state index in [1.54, 1.807) is 7.11 Å². The van der Waals surface area contributed by atoms with E-state index in [-0.39, 0.29) is 12.1 Å². The van der Waals surface area contributed by atoms with E-state index < -0.39 is 0 Å². The van der Waals surface area contributed by atoms with E-state index >= 15 is 0 Å². The Kier molecular flexibility index (Phi) is 5.13. The molecule has 19 heavy (non-hydrogen) atoms. The second-order valence-electron chi connectivity index (χ2n) is 4.67. The lowest BCUT2D eigenvalue weighted by atomic mass is 9.99. The zero-order valence-corrected chi connectivity index (χ0v) is 11.9. The number of nitrogens with one attached hydrogen (secondary N) is 1. The molecule has 0 aliphatic carbocycles. The fraction of sp³-hybridized carbons (Fsp3) is 0.643. The van der Waals surface area contributed by atoms with E-state index in [2.05, 4.69) is 28.2 Å². The first-order chi connectivity index (χ1) is 9.30. The molecule has 1 N–H and O–H groups in total. The molecule has 2 atom stereocenters. The summed E-state index contributed by atoms with van der Waals surface area (Å²) in [6.45, 7) is 5.80. The molecule has 106 valence electrons. The first-order valence-corrected chi connectivity index (χ1v) is 6.80. The van der Waals surface area contributed by atoms with E-state index in [1.807, 2.05) is 19.3 Å². The van der Waals surface area contributed by atoms with Gasteiger partial charge in [-0.25, -0.2) is 4.98 Å². The summed E-state index contributed by atoms with van der Waals surface area (Å²) in [5.41, 5.74) is 1.18. The van der Waals surface area contributed by atoms with Crippen molar-refractivity contribution >= 4 is 0 Å². The number of likely N-dealkylation sites (N-methyl/N-ethyl adjacent to an activating group) is 2. The number of nitrogens with zero attached hydrogens (tertiary/aromatic N) is 2. The van der Waals surface area contributed by atoms with Crippen LogP contribution in [-0.4, -0.2) is 56.4 Å². The molecule has 5 nitrogen and oxygen atoms in total. The maximum Gasteiger partial charge on any atom is 0.212 e. The van der Waals surface area contributed by atoms with Gasteiger partial charge in [0.2, 0.25) is 5.88 Å². The van der Waals surface area contributed by atoms with Gasteiger partial charge in [0, 0.05) is 25.4 Å².